The number of methoxy groups -OCH3 is 1. The van der Waals surface area contributed by atoms with Gasteiger partial charge in [-0.05, 0) is 36.8 Å². The molecule has 2 amide bonds. The highest BCUT2D eigenvalue weighted by Crippen LogP contribution is 2.28. The average molecular weight is 430 g/mol. The number of nitrogens with zero attached hydrogens (tertiary/aromatic N) is 3. The number of nitrogens with one attached hydrogen (secondary N) is 3. The van der Waals surface area contributed by atoms with E-state index in [1.807, 2.05) is 18.2 Å². The summed E-state index contributed by atoms with van der Waals surface area (Å²) in [5.41, 5.74) is 1.58. The maximum absolute atomic E-state index is 12.2. The zero-order valence-electron chi connectivity index (χ0n) is 16.5. The first-order valence-corrected chi connectivity index (χ1v) is 10.7. The fourth-order valence-corrected chi connectivity index (χ4v) is 3.16. The van der Waals surface area contributed by atoms with Gasteiger partial charge in [0, 0.05) is 36.9 Å². The first-order valence-electron chi connectivity index (χ1n) is 9.08. The van der Waals surface area contributed by atoms with Crippen molar-refractivity contribution in [2.24, 2.45) is 0 Å². The van der Waals surface area contributed by atoms with Crippen LogP contribution in [0.15, 0.2) is 55.0 Å². The molecule has 3 rings (SSSR count). The Morgan fingerprint density at radius 3 is 2.70 bits per heavy atom. The maximum atomic E-state index is 12.2. The first-order chi connectivity index (χ1) is 14.4. The minimum absolute atomic E-state index is 0.0592. The zero-order valence-corrected chi connectivity index (χ0v) is 17.3. The van der Waals surface area contributed by atoms with Crippen molar-refractivity contribution in [3.8, 4) is 11.6 Å². The van der Waals surface area contributed by atoms with E-state index in [1.54, 1.807) is 29.3 Å². The Hall–Kier alpha value is -3.60. The lowest BCUT2D eigenvalue weighted by Gasteiger charge is -2.13. The molecule has 0 atom stereocenters. The first kappa shape index (κ1) is 21.1. The highest BCUT2D eigenvalue weighted by molar-refractivity contribution is 7.92. The Bertz CT molecular complexity index is 1100. The number of pyridine rings is 1. The van der Waals surface area contributed by atoms with E-state index in [2.05, 4.69) is 25.4 Å². The summed E-state index contributed by atoms with van der Waals surface area (Å²) < 4.78 is 32.8. The standard InChI is InChI=1S/C19H22N6O4S/c1-3-30(27,28)24-16-7-6-15(11-17(16)29-2)23-19(26)21-13-14-5-8-18(20-12-14)25-10-4-9-22-25/h4-12,24H,3,13H2,1-2H3,(H2,21,23,26). The van der Waals surface area contributed by atoms with Crippen molar-refractivity contribution in [1.82, 2.24) is 20.1 Å². The molecule has 3 N–H and O–H groups in total. The number of amides is 2. The van der Waals surface area contributed by atoms with Gasteiger partial charge in [-0.15, -0.1) is 0 Å². The quantitative estimate of drug-likeness (QED) is 0.503. The molecule has 0 radical (unpaired) electrons. The number of benzene rings is 1. The Kier molecular flexibility index (Phi) is 6.52. The number of aromatic nitrogens is 3. The van der Waals surface area contributed by atoms with Gasteiger partial charge in [0.2, 0.25) is 10.0 Å². The lowest BCUT2D eigenvalue weighted by molar-refractivity contribution is 0.251. The summed E-state index contributed by atoms with van der Waals surface area (Å²) in [5.74, 6) is 0.915. The molecular weight excluding hydrogens is 408 g/mol. The van der Waals surface area contributed by atoms with Gasteiger partial charge in [-0.3, -0.25) is 4.72 Å². The van der Waals surface area contributed by atoms with Crippen LogP contribution in [-0.4, -0.2) is 42.1 Å². The molecule has 2 aromatic heterocycles. The number of hydrogen-bond donors (Lipinski definition) is 3. The predicted molar refractivity (Wildman–Crippen MR) is 113 cm³/mol. The summed E-state index contributed by atoms with van der Waals surface area (Å²) in [5, 5.41) is 9.53. The summed E-state index contributed by atoms with van der Waals surface area (Å²) in [7, 11) is -2.02. The summed E-state index contributed by atoms with van der Waals surface area (Å²) >= 11 is 0. The van der Waals surface area contributed by atoms with Gasteiger partial charge in [0.05, 0.1) is 18.6 Å². The second kappa shape index (κ2) is 9.27. The molecule has 0 saturated carbocycles. The molecular formula is C19H22N6O4S. The average Bonchev–Trinajstić information content (AvgIpc) is 3.28. The van der Waals surface area contributed by atoms with Crippen molar-refractivity contribution < 1.29 is 17.9 Å². The highest BCUT2D eigenvalue weighted by atomic mass is 32.2. The van der Waals surface area contributed by atoms with Crippen molar-refractivity contribution in [2.45, 2.75) is 13.5 Å². The van der Waals surface area contributed by atoms with Gasteiger partial charge in [-0.1, -0.05) is 6.07 Å². The molecule has 1 aromatic carbocycles. The Morgan fingerprint density at radius 1 is 1.23 bits per heavy atom. The summed E-state index contributed by atoms with van der Waals surface area (Å²) in [6, 6.07) is 9.69. The number of carbonyl (C=O) groups excluding carboxylic acids is 1. The van der Waals surface area contributed by atoms with Crippen LogP contribution in [-0.2, 0) is 16.6 Å². The maximum Gasteiger partial charge on any atom is 0.319 e. The van der Waals surface area contributed by atoms with Crippen molar-refractivity contribution in [2.75, 3.05) is 22.9 Å². The normalized spacial score (nSPS) is 11.0. The number of sulfonamides is 1. The van der Waals surface area contributed by atoms with Gasteiger partial charge in [0.15, 0.2) is 5.82 Å². The topological polar surface area (TPSA) is 127 Å². The molecule has 0 aliphatic heterocycles. The molecule has 158 valence electrons. The lowest BCUT2D eigenvalue weighted by Crippen LogP contribution is -2.28. The van der Waals surface area contributed by atoms with E-state index in [1.165, 1.54) is 26.2 Å². The SMILES string of the molecule is CCS(=O)(=O)Nc1ccc(NC(=O)NCc2ccc(-n3cccn3)nc2)cc1OC. The molecule has 10 nitrogen and oxygen atoms in total. The van der Waals surface area contributed by atoms with Crippen molar-refractivity contribution in [3.05, 3.63) is 60.6 Å². The fourth-order valence-electron chi connectivity index (χ4n) is 2.51. The van der Waals surface area contributed by atoms with E-state index in [9.17, 15) is 13.2 Å². The van der Waals surface area contributed by atoms with Crippen LogP contribution in [0, 0.1) is 0 Å². The van der Waals surface area contributed by atoms with E-state index in [0.29, 0.717) is 22.9 Å². The summed E-state index contributed by atoms with van der Waals surface area (Å²) in [6.07, 6.45) is 5.12. The minimum Gasteiger partial charge on any atom is -0.494 e. The van der Waals surface area contributed by atoms with Crippen molar-refractivity contribution >= 4 is 27.4 Å². The third kappa shape index (κ3) is 5.47. The molecule has 0 saturated heterocycles. The Labute approximate surface area is 174 Å². The molecule has 0 aliphatic carbocycles. The van der Waals surface area contributed by atoms with Crippen LogP contribution in [0.4, 0.5) is 16.2 Å². The molecule has 0 spiro atoms. The number of ether oxygens (including phenoxy) is 1. The largest absolute Gasteiger partial charge is 0.494 e. The van der Waals surface area contributed by atoms with Gasteiger partial charge >= 0.3 is 6.03 Å². The number of anilines is 2. The number of rotatable bonds is 8. The van der Waals surface area contributed by atoms with Gasteiger partial charge in [-0.25, -0.2) is 22.9 Å². The van der Waals surface area contributed by atoms with Crippen LogP contribution < -0.4 is 20.1 Å². The summed E-state index contributed by atoms with van der Waals surface area (Å²) in [4.78, 5) is 16.5. The molecule has 0 bridgehead atoms. The Morgan fingerprint density at radius 2 is 2.07 bits per heavy atom. The number of urea groups is 1. The van der Waals surface area contributed by atoms with Gasteiger partial charge in [-0.2, -0.15) is 5.10 Å². The van der Waals surface area contributed by atoms with Gasteiger partial charge in [0.25, 0.3) is 0 Å². The van der Waals surface area contributed by atoms with Crippen LogP contribution in [0.3, 0.4) is 0 Å². The molecule has 0 unspecified atom stereocenters. The second-order valence-corrected chi connectivity index (χ2v) is 8.21. The lowest BCUT2D eigenvalue weighted by atomic mass is 10.2. The van der Waals surface area contributed by atoms with E-state index in [0.717, 1.165) is 5.56 Å². The van der Waals surface area contributed by atoms with Gasteiger partial charge in [0.1, 0.15) is 5.75 Å². The van der Waals surface area contributed by atoms with Crippen LogP contribution in [0.25, 0.3) is 5.82 Å². The Balaban J connectivity index is 1.58. The van der Waals surface area contributed by atoms with Crippen molar-refractivity contribution in [1.29, 1.82) is 0 Å². The minimum atomic E-state index is -3.44. The van der Waals surface area contributed by atoms with Gasteiger partial charge < -0.3 is 15.4 Å². The number of hydrogen-bond acceptors (Lipinski definition) is 6. The van der Waals surface area contributed by atoms with Crippen molar-refractivity contribution in [3.63, 3.8) is 0 Å². The third-order valence-corrected chi connectivity index (χ3v) is 5.40. The number of carbonyl (C=O) groups is 1. The second-order valence-electron chi connectivity index (χ2n) is 6.20. The van der Waals surface area contributed by atoms with E-state index in [4.69, 9.17) is 4.74 Å². The summed E-state index contributed by atoms with van der Waals surface area (Å²) in [6.45, 7) is 1.82. The van der Waals surface area contributed by atoms with Crippen LogP contribution in [0.1, 0.15) is 12.5 Å². The smallest absolute Gasteiger partial charge is 0.319 e. The van der Waals surface area contributed by atoms with Crippen LogP contribution in [0.2, 0.25) is 0 Å². The monoisotopic (exact) mass is 430 g/mol. The fraction of sp³-hybridized carbons (Fsp3) is 0.211. The molecule has 0 fully saturated rings. The molecule has 30 heavy (non-hydrogen) atoms. The molecule has 0 aliphatic rings. The van der Waals surface area contributed by atoms with Crippen LogP contribution in [0.5, 0.6) is 5.75 Å². The third-order valence-electron chi connectivity index (χ3n) is 4.11. The van der Waals surface area contributed by atoms with Crippen LogP contribution >= 0.6 is 0 Å². The highest BCUT2D eigenvalue weighted by Gasteiger charge is 2.12. The van der Waals surface area contributed by atoms with E-state index < -0.39 is 16.1 Å². The predicted octanol–water partition coefficient (Wildman–Crippen LogP) is 2.36. The zero-order chi connectivity index (χ0) is 21.6. The molecule has 11 heteroatoms. The van der Waals surface area contributed by atoms with E-state index >= 15 is 0 Å². The molecule has 2 heterocycles. The van der Waals surface area contributed by atoms with E-state index in [-0.39, 0.29) is 12.3 Å². The molecule has 3 aromatic rings.